The third-order valence-corrected chi connectivity index (χ3v) is 4.33. The Kier molecular flexibility index (Phi) is 6.65. The third kappa shape index (κ3) is 4.89. The monoisotopic (exact) mass is 254 g/mol. The fourth-order valence-electron chi connectivity index (χ4n) is 3.43. The maximum Gasteiger partial charge on any atom is 0.00530 e. The molecule has 1 aliphatic carbocycles. The summed E-state index contributed by atoms with van der Waals surface area (Å²) in [7, 11) is 2.11. The molecule has 108 valence electrons. The van der Waals surface area contributed by atoms with E-state index in [0.29, 0.717) is 11.5 Å². The highest BCUT2D eigenvalue weighted by Crippen LogP contribution is 2.37. The van der Waals surface area contributed by atoms with Crippen molar-refractivity contribution in [1.29, 1.82) is 0 Å². The minimum absolute atomic E-state index is 0.534. The molecule has 2 nitrogen and oxygen atoms in total. The number of hydrogen-bond acceptors (Lipinski definition) is 2. The molecule has 0 aromatic heterocycles. The van der Waals surface area contributed by atoms with Crippen LogP contribution in [0.4, 0.5) is 0 Å². The largest absolute Gasteiger partial charge is 0.319 e. The number of hydrogen-bond donors (Lipinski definition) is 1. The van der Waals surface area contributed by atoms with Gasteiger partial charge in [0.2, 0.25) is 0 Å². The van der Waals surface area contributed by atoms with Gasteiger partial charge in [-0.2, -0.15) is 0 Å². The summed E-state index contributed by atoms with van der Waals surface area (Å²) in [5, 5.41) is 3.45. The van der Waals surface area contributed by atoms with E-state index in [-0.39, 0.29) is 0 Å². The average Bonchev–Trinajstić information content (AvgIpc) is 2.29. The van der Waals surface area contributed by atoms with Crippen LogP contribution in [0.15, 0.2) is 0 Å². The van der Waals surface area contributed by atoms with Gasteiger partial charge in [-0.15, -0.1) is 0 Å². The summed E-state index contributed by atoms with van der Waals surface area (Å²) in [6, 6.07) is 0.669. The van der Waals surface area contributed by atoms with Gasteiger partial charge in [-0.3, -0.25) is 0 Å². The SMILES string of the molecule is CNCC1(CN(CC(C)C)C(C)C)CCCCC1. The fourth-order valence-corrected chi connectivity index (χ4v) is 3.43. The van der Waals surface area contributed by atoms with Crippen LogP contribution in [0.3, 0.4) is 0 Å². The normalized spacial score (nSPS) is 20.0. The predicted molar refractivity (Wildman–Crippen MR) is 81.0 cm³/mol. The molecule has 0 amide bonds. The van der Waals surface area contributed by atoms with Crippen LogP contribution in [0, 0.1) is 11.3 Å². The maximum atomic E-state index is 3.45. The molecule has 0 radical (unpaired) electrons. The first-order valence-electron chi connectivity index (χ1n) is 7.88. The second kappa shape index (κ2) is 7.49. The molecule has 1 N–H and O–H groups in total. The van der Waals surface area contributed by atoms with Crippen molar-refractivity contribution in [2.24, 2.45) is 11.3 Å². The van der Waals surface area contributed by atoms with Gasteiger partial charge in [0, 0.05) is 25.7 Å². The molecule has 0 aromatic rings. The van der Waals surface area contributed by atoms with E-state index < -0.39 is 0 Å². The van der Waals surface area contributed by atoms with Gasteiger partial charge in [-0.1, -0.05) is 33.1 Å². The molecule has 1 aliphatic rings. The summed E-state index contributed by atoms with van der Waals surface area (Å²) in [6.07, 6.45) is 7.12. The Hall–Kier alpha value is -0.0800. The van der Waals surface area contributed by atoms with Crippen molar-refractivity contribution < 1.29 is 0 Å². The summed E-state index contributed by atoms with van der Waals surface area (Å²) < 4.78 is 0. The Labute approximate surface area is 115 Å². The molecule has 2 heteroatoms. The van der Waals surface area contributed by atoms with Gasteiger partial charge >= 0.3 is 0 Å². The quantitative estimate of drug-likeness (QED) is 0.748. The molecule has 1 saturated carbocycles. The molecule has 18 heavy (non-hydrogen) atoms. The molecule has 0 aliphatic heterocycles. The fraction of sp³-hybridized carbons (Fsp3) is 1.00. The average molecular weight is 254 g/mol. The van der Waals surface area contributed by atoms with E-state index in [4.69, 9.17) is 0 Å². The maximum absolute atomic E-state index is 3.45. The van der Waals surface area contributed by atoms with Gasteiger partial charge in [0.25, 0.3) is 0 Å². The molecule has 0 heterocycles. The van der Waals surface area contributed by atoms with Crippen LogP contribution in [-0.2, 0) is 0 Å². The van der Waals surface area contributed by atoms with Gasteiger partial charge < -0.3 is 10.2 Å². The number of nitrogens with zero attached hydrogens (tertiary/aromatic N) is 1. The lowest BCUT2D eigenvalue weighted by molar-refractivity contribution is 0.0769. The zero-order valence-electron chi connectivity index (χ0n) is 13.3. The van der Waals surface area contributed by atoms with Crippen molar-refractivity contribution in [1.82, 2.24) is 10.2 Å². The second-order valence-electron chi connectivity index (χ2n) is 7.01. The molecule has 0 saturated heterocycles. The first-order valence-corrected chi connectivity index (χ1v) is 7.88. The Bertz CT molecular complexity index is 212. The molecule has 0 aromatic carbocycles. The van der Waals surface area contributed by atoms with Crippen molar-refractivity contribution in [3.05, 3.63) is 0 Å². The molecular weight excluding hydrogens is 220 g/mol. The van der Waals surface area contributed by atoms with Gasteiger partial charge in [0.1, 0.15) is 0 Å². The minimum atomic E-state index is 0.534. The second-order valence-corrected chi connectivity index (χ2v) is 7.01. The summed E-state index contributed by atoms with van der Waals surface area (Å²) in [4.78, 5) is 2.70. The van der Waals surface area contributed by atoms with Gasteiger partial charge in [0.15, 0.2) is 0 Å². The number of nitrogens with one attached hydrogen (secondary N) is 1. The van der Waals surface area contributed by atoms with Gasteiger partial charge in [0.05, 0.1) is 0 Å². The van der Waals surface area contributed by atoms with Crippen LogP contribution in [0.25, 0.3) is 0 Å². The van der Waals surface area contributed by atoms with Crippen LogP contribution in [0.5, 0.6) is 0 Å². The van der Waals surface area contributed by atoms with Crippen molar-refractivity contribution in [3.8, 4) is 0 Å². The molecular formula is C16H34N2. The standard InChI is InChI=1S/C16H34N2/c1-14(2)11-18(15(3)4)13-16(12-17-5)9-7-6-8-10-16/h14-15,17H,6-13H2,1-5H3. The highest BCUT2D eigenvalue weighted by Gasteiger charge is 2.33. The summed E-state index contributed by atoms with van der Waals surface area (Å²) in [5.41, 5.74) is 0.534. The van der Waals surface area contributed by atoms with Crippen molar-refractivity contribution in [3.63, 3.8) is 0 Å². The molecule has 0 spiro atoms. The third-order valence-electron chi connectivity index (χ3n) is 4.33. The molecule has 1 fully saturated rings. The topological polar surface area (TPSA) is 15.3 Å². The van der Waals surface area contributed by atoms with Crippen molar-refractivity contribution in [2.45, 2.75) is 65.8 Å². The lowest BCUT2D eigenvalue weighted by atomic mass is 9.73. The van der Waals surface area contributed by atoms with Gasteiger partial charge in [-0.25, -0.2) is 0 Å². The van der Waals surface area contributed by atoms with E-state index >= 15 is 0 Å². The van der Waals surface area contributed by atoms with E-state index in [2.05, 4.69) is 45.0 Å². The molecule has 0 unspecified atom stereocenters. The summed E-state index contributed by atoms with van der Waals surface area (Å²) in [6.45, 7) is 13.1. The first-order chi connectivity index (χ1) is 8.49. The zero-order valence-corrected chi connectivity index (χ0v) is 13.3. The van der Waals surface area contributed by atoms with Crippen molar-refractivity contribution >= 4 is 0 Å². The van der Waals surface area contributed by atoms with Crippen molar-refractivity contribution in [2.75, 3.05) is 26.7 Å². The van der Waals surface area contributed by atoms with Crippen LogP contribution in [0.1, 0.15) is 59.8 Å². The number of rotatable bonds is 7. The Balaban J connectivity index is 2.66. The van der Waals surface area contributed by atoms with Gasteiger partial charge in [-0.05, 0) is 45.1 Å². The molecule has 1 rings (SSSR count). The molecule has 0 atom stereocenters. The van der Waals surface area contributed by atoms with Crippen LogP contribution >= 0.6 is 0 Å². The lowest BCUT2D eigenvalue weighted by Gasteiger charge is -2.43. The Morgan fingerprint density at radius 1 is 1.06 bits per heavy atom. The van der Waals surface area contributed by atoms with E-state index in [1.807, 2.05) is 0 Å². The van der Waals surface area contributed by atoms with E-state index in [9.17, 15) is 0 Å². The van der Waals surface area contributed by atoms with E-state index in [1.54, 1.807) is 0 Å². The van der Waals surface area contributed by atoms with Crippen LogP contribution in [0.2, 0.25) is 0 Å². The Morgan fingerprint density at radius 3 is 2.11 bits per heavy atom. The highest BCUT2D eigenvalue weighted by molar-refractivity contribution is 4.88. The smallest absolute Gasteiger partial charge is 0.00530 e. The Morgan fingerprint density at radius 2 is 1.67 bits per heavy atom. The summed E-state index contributed by atoms with van der Waals surface area (Å²) >= 11 is 0. The van der Waals surface area contributed by atoms with E-state index in [1.165, 1.54) is 51.7 Å². The predicted octanol–water partition coefficient (Wildman–Crippen LogP) is 3.52. The molecule has 0 bridgehead atoms. The van der Waals surface area contributed by atoms with Crippen LogP contribution < -0.4 is 5.32 Å². The minimum Gasteiger partial charge on any atom is -0.319 e. The summed E-state index contributed by atoms with van der Waals surface area (Å²) in [5.74, 6) is 0.766. The van der Waals surface area contributed by atoms with Crippen LogP contribution in [-0.4, -0.2) is 37.6 Å². The highest BCUT2D eigenvalue weighted by atomic mass is 15.2. The zero-order chi connectivity index (χ0) is 13.6. The van der Waals surface area contributed by atoms with E-state index in [0.717, 1.165) is 5.92 Å². The first kappa shape index (κ1) is 16.0. The lowest BCUT2D eigenvalue weighted by Crippen LogP contribution is -2.48.